The Morgan fingerprint density at radius 1 is 0.768 bits per heavy atom. The highest BCUT2D eigenvalue weighted by atomic mass is 35.5. The SMILES string of the molecule is O=C(NCc1cccc(-c2ccc([C@H]3O[C@@H](CN4CCC(O)(c5ccc(Cl)cc5)CC4)C[C@@H](c4ccc(CO)cc4)O3)cc2)c1)NC12CC3CC(CC(C3)C1)C2. The van der Waals surface area contributed by atoms with E-state index in [-0.39, 0.29) is 30.4 Å². The summed E-state index contributed by atoms with van der Waals surface area (Å²) < 4.78 is 13.4. The van der Waals surface area contributed by atoms with Crippen molar-refractivity contribution in [2.75, 3.05) is 19.6 Å². The molecule has 2 aliphatic heterocycles. The first-order chi connectivity index (χ1) is 27.2. The summed E-state index contributed by atoms with van der Waals surface area (Å²) in [6, 6.07) is 32.3. The number of ether oxygens (including phenoxy) is 2. The van der Waals surface area contributed by atoms with Crippen LogP contribution in [0, 0.1) is 17.8 Å². The zero-order valence-electron chi connectivity index (χ0n) is 32.0. The number of aliphatic hydroxyl groups is 2. The Morgan fingerprint density at radius 3 is 2.09 bits per heavy atom. The zero-order valence-corrected chi connectivity index (χ0v) is 32.8. The topological polar surface area (TPSA) is 103 Å². The number of piperidine rings is 1. The molecule has 56 heavy (non-hydrogen) atoms. The molecule has 0 aromatic heterocycles. The molecule has 0 spiro atoms. The van der Waals surface area contributed by atoms with Crippen molar-refractivity contribution in [3.05, 3.63) is 130 Å². The van der Waals surface area contributed by atoms with Gasteiger partial charge in [-0.25, -0.2) is 4.79 Å². The highest BCUT2D eigenvalue weighted by Gasteiger charge is 2.51. The fourth-order valence-electron chi connectivity index (χ4n) is 10.9. The van der Waals surface area contributed by atoms with E-state index in [9.17, 15) is 15.0 Å². The van der Waals surface area contributed by atoms with Gasteiger partial charge in [-0.15, -0.1) is 0 Å². The maximum absolute atomic E-state index is 13.1. The third-order valence-electron chi connectivity index (χ3n) is 13.5. The van der Waals surface area contributed by atoms with Crippen LogP contribution in [0.1, 0.15) is 98.0 Å². The Bertz CT molecular complexity index is 1940. The number of aliphatic hydroxyl groups excluding tert-OH is 1. The molecule has 3 atom stereocenters. The highest BCUT2D eigenvalue weighted by Crippen LogP contribution is 2.55. The lowest BCUT2D eigenvalue weighted by molar-refractivity contribution is -0.253. The molecule has 294 valence electrons. The number of rotatable bonds is 10. The van der Waals surface area contributed by atoms with E-state index in [1.807, 2.05) is 48.5 Å². The van der Waals surface area contributed by atoms with Crippen molar-refractivity contribution in [1.29, 1.82) is 0 Å². The van der Waals surface area contributed by atoms with E-state index in [0.29, 0.717) is 30.8 Å². The zero-order chi connectivity index (χ0) is 38.3. The van der Waals surface area contributed by atoms with Crippen molar-refractivity contribution in [2.24, 2.45) is 17.8 Å². The van der Waals surface area contributed by atoms with Crippen LogP contribution in [0.4, 0.5) is 4.79 Å². The molecule has 6 fully saturated rings. The second-order valence-corrected chi connectivity index (χ2v) is 18.0. The van der Waals surface area contributed by atoms with Crippen LogP contribution in [-0.4, -0.2) is 52.4 Å². The molecule has 2 amide bonds. The molecule has 4 saturated carbocycles. The van der Waals surface area contributed by atoms with Crippen LogP contribution in [0.2, 0.25) is 5.02 Å². The summed E-state index contributed by atoms with van der Waals surface area (Å²) in [5.74, 6) is 2.37. The Kier molecular flexibility index (Phi) is 10.7. The van der Waals surface area contributed by atoms with E-state index in [0.717, 1.165) is 95.6 Å². The van der Waals surface area contributed by atoms with Gasteiger partial charge >= 0.3 is 6.03 Å². The Morgan fingerprint density at radius 2 is 1.43 bits per heavy atom. The van der Waals surface area contributed by atoms with Crippen molar-refractivity contribution in [3.8, 4) is 11.1 Å². The van der Waals surface area contributed by atoms with Gasteiger partial charge in [-0.3, -0.25) is 0 Å². The normalized spacial score (nSPS) is 29.6. The summed E-state index contributed by atoms with van der Waals surface area (Å²) in [6.45, 7) is 2.74. The number of hydrogen-bond acceptors (Lipinski definition) is 6. The van der Waals surface area contributed by atoms with Gasteiger partial charge in [-0.2, -0.15) is 0 Å². The third-order valence-corrected chi connectivity index (χ3v) is 13.7. The van der Waals surface area contributed by atoms with Gasteiger partial charge in [0.1, 0.15) is 0 Å². The van der Waals surface area contributed by atoms with Crippen molar-refractivity contribution in [2.45, 2.75) is 101 Å². The summed E-state index contributed by atoms with van der Waals surface area (Å²) in [5, 5.41) is 28.4. The van der Waals surface area contributed by atoms with Gasteiger partial charge < -0.3 is 35.2 Å². The smallest absolute Gasteiger partial charge is 0.315 e. The number of amides is 2. The number of urea groups is 1. The number of nitrogens with zero attached hydrogens (tertiary/aromatic N) is 1. The quantitative estimate of drug-likeness (QED) is 0.129. The molecular formula is C47H54ClN3O5. The molecule has 0 unspecified atom stereocenters. The lowest BCUT2D eigenvalue weighted by atomic mass is 9.53. The molecule has 0 radical (unpaired) electrons. The number of carbonyl (C=O) groups is 1. The average molecular weight is 776 g/mol. The molecule has 9 heteroatoms. The largest absolute Gasteiger partial charge is 0.392 e. The summed E-state index contributed by atoms with van der Waals surface area (Å²) in [4.78, 5) is 15.5. The van der Waals surface area contributed by atoms with Gasteiger partial charge in [0.2, 0.25) is 0 Å². The fourth-order valence-corrected chi connectivity index (χ4v) is 11.0. The van der Waals surface area contributed by atoms with Crippen LogP contribution in [0.25, 0.3) is 11.1 Å². The first kappa shape index (κ1) is 37.8. The van der Waals surface area contributed by atoms with Gasteiger partial charge in [-0.1, -0.05) is 90.5 Å². The van der Waals surface area contributed by atoms with Gasteiger partial charge in [0.15, 0.2) is 6.29 Å². The van der Waals surface area contributed by atoms with E-state index in [1.54, 1.807) is 0 Å². The molecular weight excluding hydrogens is 722 g/mol. The lowest BCUT2D eigenvalue weighted by Gasteiger charge is -2.56. The van der Waals surface area contributed by atoms with Gasteiger partial charge in [0.05, 0.1) is 24.4 Å². The van der Waals surface area contributed by atoms with Crippen LogP contribution >= 0.6 is 11.6 Å². The van der Waals surface area contributed by atoms with Gasteiger partial charge in [0.25, 0.3) is 0 Å². The predicted molar refractivity (Wildman–Crippen MR) is 218 cm³/mol. The minimum atomic E-state index is -0.864. The van der Waals surface area contributed by atoms with Crippen molar-refractivity contribution in [3.63, 3.8) is 0 Å². The first-order valence-electron chi connectivity index (χ1n) is 20.7. The van der Waals surface area contributed by atoms with Crippen molar-refractivity contribution < 1.29 is 24.5 Å². The second kappa shape index (κ2) is 15.9. The van der Waals surface area contributed by atoms with Crippen LogP contribution in [0.3, 0.4) is 0 Å². The van der Waals surface area contributed by atoms with E-state index < -0.39 is 11.9 Å². The molecule has 10 rings (SSSR count). The highest BCUT2D eigenvalue weighted by molar-refractivity contribution is 6.30. The van der Waals surface area contributed by atoms with E-state index in [1.165, 1.54) is 19.3 Å². The van der Waals surface area contributed by atoms with Crippen molar-refractivity contribution in [1.82, 2.24) is 15.5 Å². The molecule has 4 aromatic rings. The summed E-state index contributed by atoms with van der Waals surface area (Å²) in [7, 11) is 0. The fraction of sp³-hybridized carbons (Fsp3) is 0.468. The number of benzene rings is 4. The molecule has 4 aliphatic carbocycles. The van der Waals surface area contributed by atoms with Gasteiger partial charge in [0, 0.05) is 48.7 Å². The minimum absolute atomic E-state index is 0.000263. The van der Waals surface area contributed by atoms with Crippen LogP contribution in [0.5, 0.6) is 0 Å². The number of hydrogen-bond donors (Lipinski definition) is 4. The Balaban J connectivity index is 0.847. The van der Waals surface area contributed by atoms with Crippen LogP contribution in [-0.2, 0) is 28.2 Å². The number of nitrogens with one attached hydrogen (secondary N) is 2. The molecule has 4 N–H and O–H groups in total. The third kappa shape index (κ3) is 8.29. The molecule has 4 aromatic carbocycles. The molecule has 2 heterocycles. The predicted octanol–water partition coefficient (Wildman–Crippen LogP) is 8.80. The Hall–Kier alpha value is -3.76. The van der Waals surface area contributed by atoms with E-state index >= 15 is 0 Å². The minimum Gasteiger partial charge on any atom is -0.392 e. The molecule has 8 nitrogen and oxygen atoms in total. The van der Waals surface area contributed by atoms with E-state index in [2.05, 4.69) is 64.1 Å². The van der Waals surface area contributed by atoms with Crippen molar-refractivity contribution >= 4 is 17.6 Å². The maximum atomic E-state index is 13.1. The van der Waals surface area contributed by atoms with Crippen LogP contribution in [0.15, 0.2) is 97.1 Å². The summed E-state index contributed by atoms with van der Waals surface area (Å²) in [6.07, 6.45) is 8.67. The van der Waals surface area contributed by atoms with E-state index in [4.69, 9.17) is 21.1 Å². The van der Waals surface area contributed by atoms with Gasteiger partial charge in [-0.05, 0) is 121 Å². The lowest BCUT2D eigenvalue weighted by Crippen LogP contribution is -2.61. The number of halogens is 1. The number of likely N-dealkylation sites (tertiary alicyclic amines) is 1. The number of carbonyl (C=O) groups excluding carboxylic acids is 1. The second-order valence-electron chi connectivity index (χ2n) is 17.5. The Labute approximate surface area is 335 Å². The summed E-state index contributed by atoms with van der Waals surface area (Å²) in [5.41, 5.74) is 6.16. The first-order valence-corrected chi connectivity index (χ1v) is 21.0. The molecule has 2 saturated heterocycles. The molecule has 6 aliphatic rings. The van der Waals surface area contributed by atoms with Crippen LogP contribution < -0.4 is 10.6 Å². The maximum Gasteiger partial charge on any atom is 0.315 e. The monoisotopic (exact) mass is 775 g/mol. The molecule has 4 bridgehead atoms. The average Bonchev–Trinajstić information content (AvgIpc) is 3.21. The standard InChI is InChI=1S/C47H54ClN3O5/c48-41-14-12-40(13-15-41)47(54)16-18-51(19-17-47)29-42-24-43(37-6-4-31(30-52)5-7-37)56-44(55-42)38-10-8-36(9-11-38)39-3-1-2-32(23-39)28-49-45(53)50-46-25-33-20-34(26-46)22-35(21-33)27-46/h1-15,23,33-35,42-44,52,54H,16-22,24-30H2,(H2,49,50,53)/t33?,34?,35?,42-,43+,44+,46?/m1/s1. The summed E-state index contributed by atoms with van der Waals surface area (Å²) >= 11 is 6.12.